The molecule has 0 spiro atoms. The highest BCUT2D eigenvalue weighted by Gasteiger charge is 2.12. The first-order chi connectivity index (χ1) is 15.0. The average Bonchev–Trinajstić information content (AvgIpc) is 2.77. The highest BCUT2D eigenvalue weighted by Crippen LogP contribution is 2.32. The largest absolute Gasteiger partial charge is 0.490 e. The maximum Gasteiger partial charge on any atom is 0.238 e. The fourth-order valence-corrected chi connectivity index (χ4v) is 3.68. The standard InChI is InChI=1S/C24H28N2O4S.ClH/c1-2-29-23-10-6-9-21(24(23)30-18-20-7-4-3-5-8-20)17-26-16-15-19-11-13-22(14-12-19)31(25,27)28;/h3-14,26H,2,15-18H2,1H3,(H2,25,27,28);1H. The Kier molecular flexibility index (Phi) is 9.99. The molecule has 0 unspecified atom stereocenters. The number of ether oxygens (including phenoxy) is 2. The van der Waals surface area contributed by atoms with Crippen LogP contribution in [-0.4, -0.2) is 21.6 Å². The van der Waals surface area contributed by atoms with E-state index in [1.165, 1.54) is 12.1 Å². The molecule has 0 heterocycles. The maximum absolute atomic E-state index is 11.4. The molecule has 0 amide bonds. The molecule has 3 aromatic rings. The lowest BCUT2D eigenvalue weighted by Gasteiger charge is -2.16. The molecule has 0 fully saturated rings. The highest BCUT2D eigenvalue weighted by molar-refractivity contribution is 7.89. The van der Waals surface area contributed by atoms with Crippen LogP contribution in [0.5, 0.6) is 11.5 Å². The van der Waals surface area contributed by atoms with Crippen molar-refractivity contribution >= 4 is 22.4 Å². The average molecular weight is 477 g/mol. The molecule has 0 radical (unpaired) electrons. The molecule has 6 nitrogen and oxygen atoms in total. The van der Waals surface area contributed by atoms with E-state index in [1.54, 1.807) is 12.1 Å². The van der Waals surface area contributed by atoms with Crippen molar-refractivity contribution in [2.75, 3.05) is 13.2 Å². The van der Waals surface area contributed by atoms with E-state index in [1.807, 2.05) is 55.5 Å². The summed E-state index contributed by atoms with van der Waals surface area (Å²) in [6, 6.07) is 22.6. The fraction of sp³-hybridized carbons (Fsp3) is 0.250. The van der Waals surface area contributed by atoms with Crippen LogP contribution in [-0.2, 0) is 29.6 Å². The van der Waals surface area contributed by atoms with Crippen LogP contribution in [0.15, 0.2) is 77.7 Å². The fourth-order valence-electron chi connectivity index (χ4n) is 3.16. The quantitative estimate of drug-likeness (QED) is 0.407. The first kappa shape index (κ1) is 25.7. The molecule has 3 rings (SSSR count). The van der Waals surface area contributed by atoms with Crippen molar-refractivity contribution in [2.24, 2.45) is 5.14 Å². The number of rotatable bonds is 11. The molecule has 8 heteroatoms. The molecular formula is C24H29ClN2O4S. The number of nitrogens with one attached hydrogen (secondary N) is 1. The predicted molar refractivity (Wildman–Crippen MR) is 129 cm³/mol. The van der Waals surface area contributed by atoms with Crippen LogP contribution in [0, 0.1) is 0 Å². The minimum Gasteiger partial charge on any atom is -0.490 e. The second kappa shape index (κ2) is 12.5. The van der Waals surface area contributed by atoms with E-state index < -0.39 is 10.0 Å². The number of halogens is 1. The van der Waals surface area contributed by atoms with Gasteiger partial charge in [-0.25, -0.2) is 13.6 Å². The molecule has 172 valence electrons. The molecular weight excluding hydrogens is 448 g/mol. The first-order valence-electron chi connectivity index (χ1n) is 10.2. The zero-order chi connectivity index (χ0) is 22.1. The molecule has 0 bridgehead atoms. The van der Waals surface area contributed by atoms with Crippen LogP contribution in [0.25, 0.3) is 0 Å². The normalized spacial score (nSPS) is 10.9. The van der Waals surface area contributed by atoms with E-state index in [9.17, 15) is 8.42 Å². The van der Waals surface area contributed by atoms with Gasteiger partial charge in [0, 0.05) is 12.1 Å². The van der Waals surface area contributed by atoms with Gasteiger partial charge in [0.15, 0.2) is 11.5 Å². The third-order valence-electron chi connectivity index (χ3n) is 4.74. The topological polar surface area (TPSA) is 90.6 Å². The van der Waals surface area contributed by atoms with Gasteiger partial charge >= 0.3 is 0 Å². The predicted octanol–water partition coefficient (Wildman–Crippen LogP) is 4.07. The van der Waals surface area contributed by atoms with Crippen molar-refractivity contribution in [2.45, 2.75) is 31.4 Å². The van der Waals surface area contributed by atoms with E-state index >= 15 is 0 Å². The molecule has 3 N–H and O–H groups in total. The number of primary sulfonamides is 1. The van der Waals surface area contributed by atoms with Crippen molar-refractivity contribution in [3.63, 3.8) is 0 Å². The number of benzene rings is 3. The van der Waals surface area contributed by atoms with E-state index in [0.717, 1.165) is 41.2 Å². The van der Waals surface area contributed by atoms with Gasteiger partial charge in [-0.3, -0.25) is 0 Å². The summed E-state index contributed by atoms with van der Waals surface area (Å²) in [4.78, 5) is 0.122. The molecule has 0 aliphatic carbocycles. The summed E-state index contributed by atoms with van der Waals surface area (Å²) in [6.45, 7) is 4.33. The highest BCUT2D eigenvalue weighted by atomic mass is 35.5. The number of para-hydroxylation sites is 1. The lowest BCUT2D eigenvalue weighted by atomic mass is 10.1. The van der Waals surface area contributed by atoms with Crippen LogP contribution in [0.2, 0.25) is 0 Å². The summed E-state index contributed by atoms with van der Waals surface area (Å²) in [5, 5.41) is 8.56. The Morgan fingerprint density at radius 3 is 2.25 bits per heavy atom. The summed E-state index contributed by atoms with van der Waals surface area (Å²) in [5.41, 5.74) is 3.14. The van der Waals surface area contributed by atoms with E-state index in [-0.39, 0.29) is 17.3 Å². The number of nitrogens with two attached hydrogens (primary N) is 1. The number of hydrogen-bond donors (Lipinski definition) is 2. The second-order valence-corrected chi connectivity index (χ2v) is 8.63. The Hall–Kier alpha value is -2.58. The Balaban J connectivity index is 0.00000363. The van der Waals surface area contributed by atoms with Gasteiger partial charge in [0.05, 0.1) is 11.5 Å². The van der Waals surface area contributed by atoms with E-state index in [0.29, 0.717) is 19.8 Å². The van der Waals surface area contributed by atoms with Crippen LogP contribution >= 0.6 is 12.4 Å². The Morgan fingerprint density at radius 1 is 0.875 bits per heavy atom. The van der Waals surface area contributed by atoms with Gasteiger partial charge in [-0.15, -0.1) is 12.4 Å². The van der Waals surface area contributed by atoms with Crippen molar-refractivity contribution in [3.05, 3.63) is 89.5 Å². The minimum atomic E-state index is -3.66. The van der Waals surface area contributed by atoms with Crippen LogP contribution in [0.1, 0.15) is 23.6 Å². The third-order valence-corrected chi connectivity index (χ3v) is 5.67. The van der Waals surface area contributed by atoms with Gasteiger partial charge in [-0.05, 0) is 49.2 Å². The lowest BCUT2D eigenvalue weighted by molar-refractivity contribution is 0.266. The van der Waals surface area contributed by atoms with Crippen molar-refractivity contribution < 1.29 is 17.9 Å². The van der Waals surface area contributed by atoms with Crippen molar-refractivity contribution in [3.8, 4) is 11.5 Å². The van der Waals surface area contributed by atoms with Gasteiger partial charge in [0.25, 0.3) is 0 Å². The summed E-state index contributed by atoms with van der Waals surface area (Å²) >= 11 is 0. The second-order valence-electron chi connectivity index (χ2n) is 7.07. The number of sulfonamides is 1. The smallest absolute Gasteiger partial charge is 0.238 e. The van der Waals surface area contributed by atoms with E-state index in [2.05, 4.69) is 5.32 Å². The van der Waals surface area contributed by atoms with Gasteiger partial charge in [0.1, 0.15) is 6.61 Å². The summed E-state index contributed by atoms with van der Waals surface area (Å²) in [5.74, 6) is 1.48. The molecule has 3 aromatic carbocycles. The zero-order valence-corrected chi connectivity index (χ0v) is 19.6. The molecule has 0 aliphatic rings. The Morgan fingerprint density at radius 2 is 1.59 bits per heavy atom. The van der Waals surface area contributed by atoms with Gasteiger partial charge in [-0.1, -0.05) is 54.6 Å². The minimum absolute atomic E-state index is 0. The Bertz CT molecular complexity index is 1070. The van der Waals surface area contributed by atoms with Crippen molar-refractivity contribution in [1.29, 1.82) is 0 Å². The summed E-state index contributed by atoms with van der Waals surface area (Å²) in [6.07, 6.45) is 0.760. The lowest BCUT2D eigenvalue weighted by Crippen LogP contribution is -2.18. The molecule has 0 aromatic heterocycles. The number of hydrogen-bond acceptors (Lipinski definition) is 5. The molecule has 32 heavy (non-hydrogen) atoms. The van der Waals surface area contributed by atoms with Crippen LogP contribution in [0.3, 0.4) is 0 Å². The zero-order valence-electron chi connectivity index (χ0n) is 18.0. The van der Waals surface area contributed by atoms with Gasteiger partial charge in [0.2, 0.25) is 10.0 Å². The van der Waals surface area contributed by atoms with Gasteiger partial charge < -0.3 is 14.8 Å². The van der Waals surface area contributed by atoms with Crippen molar-refractivity contribution in [1.82, 2.24) is 5.32 Å². The van der Waals surface area contributed by atoms with E-state index in [4.69, 9.17) is 14.6 Å². The van der Waals surface area contributed by atoms with Crippen LogP contribution in [0.4, 0.5) is 0 Å². The monoisotopic (exact) mass is 476 g/mol. The first-order valence-corrected chi connectivity index (χ1v) is 11.8. The maximum atomic E-state index is 11.4. The molecule has 0 aliphatic heterocycles. The van der Waals surface area contributed by atoms with Gasteiger partial charge in [-0.2, -0.15) is 0 Å². The molecule has 0 saturated carbocycles. The van der Waals surface area contributed by atoms with Crippen LogP contribution < -0.4 is 19.9 Å². The Labute approximate surface area is 196 Å². The summed E-state index contributed by atoms with van der Waals surface area (Å²) in [7, 11) is -3.66. The molecule has 0 saturated heterocycles. The SMILES string of the molecule is CCOc1cccc(CNCCc2ccc(S(N)(=O)=O)cc2)c1OCc1ccccc1.Cl. The summed E-state index contributed by atoms with van der Waals surface area (Å²) < 4.78 is 34.6. The third kappa shape index (κ3) is 7.53. The molecule has 0 atom stereocenters.